The Bertz CT molecular complexity index is 1190. The van der Waals surface area contributed by atoms with Gasteiger partial charge in [-0.05, 0) is 48.7 Å². The Balaban J connectivity index is 1.58. The lowest BCUT2D eigenvalue weighted by Gasteiger charge is -2.15. The van der Waals surface area contributed by atoms with Crippen molar-refractivity contribution in [3.05, 3.63) is 106 Å². The molecule has 0 radical (unpaired) electrons. The fourth-order valence-corrected chi connectivity index (χ4v) is 4.49. The van der Waals surface area contributed by atoms with Crippen LogP contribution in [0.1, 0.15) is 16.7 Å². The van der Waals surface area contributed by atoms with E-state index in [2.05, 4.69) is 16.3 Å². The van der Waals surface area contributed by atoms with Crippen molar-refractivity contribution in [2.24, 2.45) is 10.2 Å². The van der Waals surface area contributed by atoms with E-state index in [1.54, 1.807) is 17.0 Å². The number of nitrogens with zero attached hydrogens (tertiary/aromatic N) is 4. The number of aryl methyl sites for hydroxylation is 1. The minimum atomic E-state index is -0.450. The highest BCUT2D eigenvalue weighted by Gasteiger charge is 2.39. The molecule has 1 heterocycles. The number of carbonyl (C=O) groups excluding carboxylic acids is 1. The van der Waals surface area contributed by atoms with E-state index in [1.165, 1.54) is 30.1 Å². The molecule has 0 saturated carbocycles. The van der Waals surface area contributed by atoms with Crippen LogP contribution in [0, 0.1) is 17.0 Å². The van der Waals surface area contributed by atoms with Gasteiger partial charge in [-0.2, -0.15) is 5.10 Å². The fourth-order valence-electron chi connectivity index (χ4n) is 3.36. The highest BCUT2D eigenvalue weighted by Crippen LogP contribution is 2.34. The summed E-state index contributed by atoms with van der Waals surface area (Å²) in [5.41, 5.74) is 3.68. The maximum absolute atomic E-state index is 13.2. The zero-order valence-electron chi connectivity index (χ0n) is 17.3. The van der Waals surface area contributed by atoms with Gasteiger partial charge in [-0.3, -0.25) is 19.8 Å². The quantitative estimate of drug-likeness (QED) is 0.305. The molecule has 1 aliphatic heterocycles. The van der Waals surface area contributed by atoms with Crippen molar-refractivity contribution in [3.63, 3.8) is 0 Å². The second-order valence-corrected chi connectivity index (χ2v) is 8.45. The minimum Gasteiger partial charge on any atom is -0.273 e. The van der Waals surface area contributed by atoms with E-state index in [-0.39, 0.29) is 16.8 Å². The number of anilines is 1. The van der Waals surface area contributed by atoms with E-state index in [1.807, 2.05) is 55.5 Å². The summed E-state index contributed by atoms with van der Waals surface area (Å²) in [5, 5.41) is 19.4. The zero-order valence-corrected chi connectivity index (χ0v) is 18.1. The molecule has 1 fully saturated rings. The number of amidine groups is 1. The Kier molecular flexibility index (Phi) is 6.42. The minimum absolute atomic E-state index is 0.0136. The van der Waals surface area contributed by atoms with Crippen LogP contribution in [0.4, 0.5) is 11.4 Å². The second-order valence-electron chi connectivity index (χ2n) is 7.28. The van der Waals surface area contributed by atoms with Crippen molar-refractivity contribution >= 4 is 40.4 Å². The highest BCUT2D eigenvalue weighted by atomic mass is 32.2. The first-order valence-electron chi connectivity index (χ1n) is 9.98. The number of rotatable bonds is 6. The molecular formula is C24H20N4O3S. The number of nitro benzene ring substituents is 1. The summed E-state index contributed by atoms with van der Waals surface area (Å²) in [6, 6.07) is 23.5. The monoisotopic (exact) mass is 444 g/mol. The maximum Gasteiger partial charge on any atom is 0.269 e. The number of para-hydroxylation sites is 1. The average Bonchev–Trinajstić information content (AvgIpc) is 3.09. The van der Waals surface area contributed by atoms with Gasteiger partial charge in [-0.1, -0.05) is 59.8 Å². The van der Waals surface area contributed by atoms with Crippen LogP contribution in [0.5, 0.6) is 0 Å². The summed E-state index contributed by atoms with van der Waals surface area (Å²) in [4.78, 5) is 25.2. The molecule has 160 valence electrons. The summed E-state index contributed by atoms with van der Waals surface area (Å²) in [5.74, 6) is -0.0352. The molecule has 0 bridgehead atoms. The van der Waals surface area contributed by atoms with Crippen molar-refractivity contribution < 1.29 is 9.72 Å². The molecule has 3 aromatic rings. The summed E-state index contributed by atoms with van der Waals surface area (Å²) in [7, 11) is 0. The molecule has 1 saturated heterocycles. The highest BCUT2D eigenvalue weighted by molar-refractivity contribution is 8.16. The Hall–Kier alpha value is -3.78. The molecule has 0 spiro atoms. The SMILES string of the molecule is Cc1cccc(CC2S/C(=N/N=C/c3ccc([N+](=O)[O-])cc3)N(c3ccccc3)C2=O)c1. The molecule has 4 rings (SSSR count). The third kappa shape index (κ3) is 4.92. The molecule has 7 nitrogen and oxygen atoms in total. The zero-order chi connectivity index (χ0) is 22.5. The topological polar surface area (TPSA) is 88.2 Å². The van der Waals surface area contributed by atoms with Crippen molar-refractivity contribution in [3.8, 4) is 0 Å². The van der Waals surface area contributed by atoms with Crippen LogP contribution in [0.3, 0.4) is 0 Å². The van der Waals surface area contributed by atoms with Crippen LogP contribution in [-0.2, 0) is 11.2 Å². The molecule has 0 N–H and O–H groups in total. The van der Waals surface area contributed by atoms with Gasteiger partial charge in [0.2, 0.25) is 5.91 Å². The van der Waals surface area contributed by atoms with E-state index in [0.717, 1.165) is 16.8 Å². The third-order valence-corrected chi connectivity index (χ3v) is 6.03. The van der Waals surface area contributed by atoms with Crippen molar-refractivity contribution in [2.75, 3.05) is 4.90 Å². The lowest BCUT2D eigenvalue weighted by molar-refractivity contribution is -0.384. The van der Waals surface area contributed by atoms with Gasteiger partial charge in [0.25, 0.3) is 5.69 Å². The Morgan fingerprint density at radius 2 is 1.81 bits per heavy atom. The largest absolute Gasteiger partial charge is 0.273 e. The van der Waals surface area contributed by atoms with Gasteiger partial charge < -0.3 is 0 Å². The second kappa shape index (κ2) is 9.57. The summed E-state index contributed by atoms with van der Waals surface area (Å²) < 4.78 is 0. The molecule has 32 heavy (non-hydrogen) atoms. The first-order chi connectivity index (χ1) is 15.5. The molecule has 1 amide bonds. The van der Waals surface area contributed by atoms with E-state index < -0.39 is 4.92 Å². The van der Waals surface area contributed by atoms with Gasteiger partial charge in [0.1, 0.15) is 0 Å². The molecule has 8 heteroatoms. The van der Waals surface area contributed by atoms with Crippen LogP contribution in [0.25, 0.3) is 0 Å². The Morgan fingerprint density at radius 1 is 1.06 bits per heavy atom. The molecule has 1 aliphatic rings. The van der Waals surface area contributed by atoms with Crippen molar-refractivity contribution in [1.82, 2.24) is 0 Å². The first kappa shape index (κ1) is 21.5. The Morgan fingerprint density at radius 3 is 2.50 bits per heavy atom. The lowest BCUT2D eigenvalue weighted by Crippen LogP contribution is -2.32. The molecular weight excluding hydrogens is 424 g/mol. The lowest BCUT2D eigenvalue weighted by atomic mass is 10.1. The number of nitro groups is 1. The number of amides is 1. The number of thioether (sulfide) groups is 1. The predicted octanol–water partition coefficient (Wildman–Crippen LogP) is 4.98. The van der Waals surface area contributed by atoms with Crippen LogP contribution in [0.2, 0.25) is 0 Å². The summed E-state index contributed by atoms with van der Waals surface area (Å²) in [6.45, 7) is 2.03. The van der Waals surface area contributed by atoms with Gasteiger partial charge in [-0.15, -0.1) is 5.10 Å². The van der Waals surface area contributed by atoms with Crippen LogP contribution < -0.4 is 4.90 Å². The average molecular weight is 445 g/mol. The van der Waals surface area contributed by atoms with Crippen molar-refractivity contribution in [1.29, 1.82) is 0 Å². The third-order valence-electron chi connectivity index (χ3n) is 4.91. The number of benzene rings is 3. The molecule has 0 aromatic heterocycles. The van der Waals surface area contributed by atoms with Gasteiger partial charge in [0, 0.05) is 12.1 Å². The standard InChI is InChI=1S/C24H20N4O3S/c1-17-6-5-7-19(14-17)15-22-23(29)27(20-8-3-2-4-9-20)24(32-22)26-25-16-18-10-12-21(13-11-18)28(30)31/h2-14,16,22H,15H2,1H3/b25-16+,26-24+. The maximum atomic E-state index is 13.2. The van der Waals surface area contributed by atoms with Gasteiger partial charge in [0.05, 0.1) is 22.1 Å². The normalized spacial score (nSPS) is 17.4. The first-order valence-corrected chi connectivity index (χ1v) is 10.9. The van der Waals surface area contributed by atoms with Gasteiger partial charge in [-0.25, -0.2) is 0 Å². The van der Waals surface area contributed by atoms with E-state index in [0.29, 0.717) is 17.2 Å². The predicted molar refractivity (Wildman–Crippen MR) is 128 cm³/mol. The Labute approximate surface area is 189 Å². The molecule has 1 unspecified atom stereocenters. The number of carbonyl (C=O) groups is 1. The van der Waals surface area contributed by atoms with Crippen LogP contribution >= 0.6 is 11.8 Å². The molecule has 1 atom stereocenters. The van der Waals surface area contributed by atoms with Crippen LogP contribution in [-0.4, -0.2) is 27.5 Å². The van der Waals surface area contributed by atoms with Crippen molar-refractivity contribution in [2.45, 2.75) is 18.6 Å². The number of hydrogen-bond donors (Lipinski definition) is 0. The molecule has 0 aliphatic carbocycles. The number of hydrogen-bond acceptors (Lipinski definition) is 6. The number of non-ortho nitro benzene ring substituents is 1. The molecule has 3 aromatic carbocycles. The van der Waals surface area contributed by atoms with E-state index in [9.17, 15) is 14.9 Å². The van der Waals surface area contributed by atoms with Crippen LogP contribution in [0.15, 0.2) is 89.1 Å². The van der Waals surface area contributed by atoms with Gasteiger partial charge in [0.15, 0.2) is 5.17 Å². The fraction of sp³-hybridized carbons (Fsp3) is 0.125. The summed E-state index contributed by atoms with van der Waals surface area (Å²) >= 11 is 1.39. The van der Waals surface area contributed by atoms with E-state index in [4.69, 9.17) is 0 Å². The van der Waals surface area contributed by atoms with Gasteiger partial charge >= 0.3 is 0 Å². The summed E-state index contributed by atoms with van der Waals surface area (Å²) in [6.07, 6.45) is 2.11. The van der Waals surface area contributed by atoms with E-state index >= 15 is 0 Å². The smallest absolute Gasteiger partial charge is 0.269 e.